The van der Waals surface area contributed by atoms with Gasteiger partial charge in [-0.05, 0) is 18.1 Å². The molecule has 0 fully saturated rings. The highest BCUT2D eigenvalue weighted by Crippen LogP contribution is 2.18. The van der Waals surface area contributed by atoms with Crippen LogP contribution in [0.15, 0.2) is 29.2 Å². The van der Waals surface area contributed by atoms with Gasteiger partial charge in [-0.3, -0.25) is 4.79 Å². The van der Waals surface area contributed by atoms with Crippen molar-refractivity contribution >= 4 is 15.6 Å². The summed E-state index contributed by atoms with van der Waals surface area (Å²) in [6, 6.07) is 6.77. The van der Waals surface area contributed by atoms with Crippen molar-refractivity contribution in [3.8, 4) is 0 Å². The van der Waals surface area contributed by atoms with Crippen molar-refractivity contribution in [1.82, 2.24) is 0 Å². The Balaban J connectivity index is 3.12. The summed E-state index contributed by atoms with van der Waals surface area (Å²) in [5, 5.41) is 0. The Hall–Kier alpha value is -1.16. The predicted molar refractivity (Wildman–Crippen MR) is 67.8 cm³/mol. The van der Waals surface area contributed by atoms with Crippen molar-refractivity contribution in [3.05, 3.63) is 29.8 Å². The molecule has 1 aromatic carbocycles. The molecule has 1 aromatic rings. The lowest BCUT2D eigenvalue weighted by molar-refractivity contribution is -0.118. The summed E-state index contributed by atoms with van der Waals surface area (Å²) in [5.74, 6) is 0.189. The molecule has 0 aromatic heterocycles. The molecule has 0 radical (unpaired) electrons. The molecule has 3 nitrogen and oxygen atoms in total. The van der Waals surface area contributed by atoms with Gasteiger partial charge >= 0.3 is 0 Å². The van der Waals surface area contributed by atoms with E-state index in [9.17, 15) is 13.2 Å². The Morgan fingerprint density at radius 2 is 1.82 bits per heavy atom. The van der Waals surface area contributed by atoms with E-state index >= 15 is 0 Å². The Morgan fingerprint density at radius 1 is 1.18 bits per heavy atom. The van der Waals surface area contributed by atoms with Gasteiger partial charge in [0.25, 0.3) is 0 Å². The molecule has 0 aliphatic carbocycles. The summed E-state index contributed by atoms with van der Waals surface area (Å²) in [7, 11) is -3.25. The van der Waals surface area contributed by atoms with Gasteiger partial charge in [0.05, 0.1) is 10.6 Å². The molecule has 0 bridgehead atoms. The van der Waals surface area contributed by atoms with Crippen LogP contribution in [0.25, 0.3) is 0 Å². The van der Waals surface area contributed by atoms with E-state index in [1.165, 1.54) is 0 Å². The Bertz CT molecular complexity index is 489. The molecule has 0 amide bonds. The molecule has 1 rings (SSSR count). The normalized spacial score (nSPS) is 11.4. The standard InChI is InChI=1S/C13H18O3S/c1-3-9-17(15,16)13-8-6-5-7-11(13)10-12(14)4-2/h5-8H,3-4,9-10H2,1-2H3. The number of ketones is 1. The summed E-state index contributed by atoms with van der Waals surface area (Å²) in [4.78, 5) is 11.7. The highest BCUT2D eigenvalue weighted by Gasteiger charge is 2.18. The molecule has 0 saturated heterocycles. The molecule has 94 valence electrons. The number of carbonyl (C=O) groups excluding carboxylic acids is 1. The number of rotatable bonds is 6. The maximum Gasteiger partial charge on any atom is 0.178 e. The third kappa shape index (κ3) is 3.66. The molecule has 17 heavy (non-hydrogen) atoms. The van der Waals surface area contributed by atoms with Gasteiger partial charge in [-0.15, -0.1) is 0 Å². The van der Waals surface area contributed by atoms with Gasteiger partial charge in [0.1, 0.15) is 5.78 Å². The van der Waals surface area contributed by atoms with Crippen LogP contribution in [0.4, 0.5) is 0 Å². The van der Waals surface area contributed by atoms with Crippen LogP contribution < -0.4 is 0 Å². The van der Waals surface area contributed by atoms with E-state index in [1.807, 2.05) is 6.92 Å². The molecular formula is C13H18O3S. The summed E-state index contributed by atoms with van der Waals surface area (Å²) in [5.41, 5.74) is 0.618. The minimum absolute atomic E-state index is 0.0594. The minimum Gasteiger partial charge on any atom is -0.299 e. The topological polar surface area (TPSA) is 51.2 Å². The van der Waals surface area contributed by atoms with Crippen LogP contribution in [-0.2, 0) is 21.1 Å². The Labute approximate surface area is 103 Å². The van der Waals surface area contributed by atoms with Crippen molar-refractivity contribution in [2.24, 2.45) is 0 Å². The van der Waals surface area contributed by atoms with Crippen LogP contribution in [0.3, 0.4) is 0 Å². The smallest absolute Gasteiger partial charge is 0.178 e. The number of hydrogen-bond acceptors (Lipinski definition) is 3. The van der Waals surface area contributed by atoms with Crippen LogP contribution >= 0.6 is 0 Å². The number of benzene rings is 1. The highest BCUT2D eigenvalue weighted by molar-refractivity contribution is 7.91. The molecule has 0 N–H and O–H groups in total. The highest BCUT2D eigenvalue weighted by atomic mass is 32.2. The van der Waals surface area contributed by atoms with E-state index in [-0.39, 0.29) is 18.0 Å². The zero-order valence-corrected chi connectivity index (χ0v) is 11.1. The maximum absolute atomic E-state index is 12.0. The molecule has 0 saturated carbocycles. The molecule has 0 aliphatic rings. The van der Waals surface area contributed by atoms with Crippen LogP contribution in [0, 0.1) is 0 Å². The van der Waals surface area contributed by atoms with Gasteiger partial charge in [-0.1, -0.05) is 32.0 Å². The molecule has 0 unspecified atom stereocenters. The van der Waals surface area contributed by atoms with Crippen LogP contribution in [0.1, 0.15) is 32.3 Å². The average Bonchev–Trinajstić information content (AvgIpc) is 2.29. The van der Waals surface area contributed by atoms with E-state index in [1.54, 1.807) is 31.2 Å². The van der Waals surface area contributed by atoms with Crippen LogP contribution in [-0.4, -0.2) is 20.0 Å². The summed E-state index contributed by atoms with van der Waals surface area (Å²) >= 11 is 0. The summed E-state index contributed by atoms with van der Waals surface area (Å²) in [6.07, 6.45) is 1.22. The molecule has 4 heteroatoms. The average molecular weight is 254 g/mol. The quantitative estimate of drug-likeness (QED) is 0.783. The van der Waals surface area contributed by atoms with E-state index in [2.05, 4.69) is 0 Å². The predicted octanol–water partition coefficient (Wildman–Crippen LogP) is 2.39. The third-order valence-electron chi connectivity index (χ3n) is 2.56. The number of Topliss-reactive ketones (excluding diaryl/α,β-unsaturated/α-hetero) is 1. The zero-order chi connectivity index (χ0) is 12.9. The second-order valence-corrected chi connectivity index (χ2v) is 6.07. The van der Waals surface area contributed by atoms with Gasteiger partial charge in [0.15, 0.2) is 9.84 Å². The van der Waals surface area contributed by atoms with Crippen LogP contribution in [0.2, 0.25) is 0 Å². The monoisotopic (exact) mass is 254 g/mol. The van der Waals surface area contributed by atoms with Crippen molar-refractivity contribution in [3.63, 3.8) is 0 Å². The fourth-order valence-electron chi connectivity index (χ4n) is 1.67. The number of sulfone groups is 1. The number of hydrogen-bond donors (Lipinski definition) is 0. The first-order valence-electron chi connectivity index (χ1n) is 5.83. The van der Waals surface area contributed by atoms with Gasteiger partial charge < -0.3 is 0 Å². The van der Waals surface area contributed by atoms with Gasteiger partial charge in [-0.2, -0.15) is 0 Å². The molecular weight excluding hydrogens is 236 g/mol. The van der Waals surface area contributed by atoms with Crippen molar-refractivity contribution in [2.45, 2.75) is 38.0 Å². The van der Waals surface area contributed by atoms with Crippen LogP contribution in [0.5, 0.6) is 0 Å². The van der Waals surface area contributed by atoms with E-state index in [0.717, 1.165) is 0 Å². The van der Waals surface area contributed by atoms with E-state index in [0.29, 0.717) is 23.3 Å². The van der Waals surface area contributed by atoms with E-state index < -0.39 is 9.84 Å². The largest absolute Gasteiger partial charge is 0.299 e. The third-order valence-corrected chi connectivity index (χ3v) is 4.58. The summed E-state index contributed by atoms with van der Waals surface area (Å²) in [6.45, 7) is 3.61. The van der Waals surface area contributed by atoms with Gasteiger partial charge in [0, 0.05) is 12.8 Å². The zero-order valence-electron chi connectivity index (χ0n) is 10.3. The van der Waals surface area contributed by atoms with Crippen molar-refractivity contribution in [2.75, 3.05) is 5.75 Å². The second-order valence-electron chi connectivity index (χ2n) is 4.00. The molecule has 0 spiro atoms. The fourth-order valence-corrected chi connectivity index (χ4v) is 3.25. The lowest BCUT2D eigenvalue weighted by atomic mass is 10.1. The van der Waals surface area contributed by atoms with Gasteiger partial charge in [0.2, 0.25) is 0 Å². The molecule has 0 heterocycles. The Kier molecular flexibility index (Phi) is 4.87. The first kappa shape index (κ1) is 13.9. The Morgan fingerprint density at radius 3 is 2.41 bits per heavy atom. The minimum atomic E-state index is -3.25. The maximum atomic E-state index is 12.0. The lowest BCUT2D eigenvalue weighted by Crippen LogP contribution is -2.11. The van der Waals surface area contributed by atoms with Gasteiger partial charge in [-0.25, -0.2) is 8.42 Å². The van der Waals surface area contributed by atoms with E-state index in [4.69, 9.17) is 0 Å². The molecule has 0 aliphatic heterocycles. The molecule has 0 atom stereocenters. The van der Waals surface area contributed by atoms with Crippen molar-refractivity contribution in [1.29, 1.82) is 0 Å². The first-order chi connectivity index (χ1) is 8.01. The van der Waals surface area contributed by atoms with Crippen molar-refractivity contribution < 1.29 is 13.2 Å². The first-order valence-corrected chi connectivity index (χ1v) is 7.48. The summed E-state index contributed by atoms with van der Waals surface area (Å²) < 4.78 is 24.0. The fraction of sp³-hybridized carbons (Fsp3) is 0.462. The SMILES string of the molecule is CCCS(=O)(=O)c1ccccc1CC(=O)CC. The lowest BCUT2D eigenvalue weighted by Gasteiger charge is -2.08. The number of carbonyl (C=O) groups is 1. The second kappa shape index (κ2) is 5.96.